The van der Waals surface area contributed by atoms with Gasteiger partial charge in [0.15, 0.2) is 0 Å². The fourth-order valence-electron chi connectivity index (χ4n) is 4.64. The van der Waals surface area contributed by atoms with Gasteiger partial charge in [-0.3, -0.25) is 9.69 Å². The van der Waals surface area contributed by atoms with Crippen molar-refractivity contribution in [3.8, 4) is 0 Å². The SMILES string of the molecule is O=C(C1CCN(Cc2ccco2)CC1)N1CCCC1c1nc2ccccc2[nH]1. The first-order valence-electron chi connectivity index (χ1n) is 10.3. The maximum atomic E-state index is 13.3. The van der Waals surface area contributed by atoms with Crippen LogP contribution in [0.25, 0.3) is 11.0 Å². The Hall–Kier alpha value is -2.60. The van der Waals surface area contributed by atoms with E-state index in [2.05, 4.69) is 14.8 Å². The van der Waals surface area contributed by atoms with Crippen molar-refractivity contribution in [3.05, 3.63) is 54.2 Å². The van der Waals surface area contributed by atoms with Gasteiger partial charge in [0.05, 0.1) is 29.9 Å². The molecule has 2 aliphatic rings. The first-order valence-corrected chi connectivity index (χ1v) is 10.3. The molecule has 2 aromatic heterocycles. The number of rotatable bonds is 4. The van der Waals surface area contributed by atoms with Crippen molar-refractivity contribution in [2.75, 3.05) is 19.6 Å². The number of nitrogens with one attached hydrogen (secondary N) is 1. The number of para-hydroxylation sites is 2. The van der Waals surface area contributed by atoms with E-state index in [-0.39, 0.29) is 12.0 Å². The second-order valence-corrected chi connectivity index (χ2v) is 7.96. The highest BCUT2D eigenvalue weighted by atomic mass is 16.3. The number of hydrogen-bond acceptors (Lipinski definition) is 4. The van der Waals surface area contributed by atoms with Crippen molar-refractivity contribution in [1.29, 1.82) is 0 Å². The van der Waals surface area contributed by atoms with E-state index in [9.17, 15) is 4.79 Å². The molecular weight excluding hydrogens is 352 g/mol. The third-order valence-electron chi connectivity index (χ3n) is 6.16. The minimum atomic E-state index is 0.0843. The summed E-state index contributed by atoms with van der Waals surface area (Å²) >= 11 is 0. The summed E-state index contributed by atoms with van der Waals surface area (Å²) in [6.07, 6.45) is 5.59. The molecule has 2 aliphatic heterocycles. The standard InChI is InChI=1S/C22H26N4O2/c27-22(16-9-12-25(13-10-16)15-17-5-4-14-28-17)26-11-3-8-20(26)21-23-18-6-1-2-7-19(18)24-21/h1-2,4-7,14,16,20H,3,8-13,15H2,(H,23,24). The van der Waals surface area contributed by atoms with Crippen LogP contribution in [-0.4, -0.2) is 45.3 Å². The third kappa shape index (κ3) is 3.33. The van der Waals surface area contributed by atoms with Crippen molar-refractivity contribution in [1.82, 2.24) is 19.8 Å². The van der Waals surface area contributed by atoms with Crippen LogP contribution in [0, 0.1) is 5.92 Å². The molecule has 28 heavy (non-hydrogen) atoms. The van der Waals surface area contributed by atoms with Crippen molar-refractivity contribution in [2.45, 2.75) is 38.3 Å². The predicted octanol–water partition coefficient (Wildman–Crippen LogP) is 3.73. The van der Waals surface area contributed by atoms with Crippen LogP contribution in [0.5, 0.6) is 0 Å². The van der Waals surface area contributed by atoms with E-state index in [4.69, 9.17) is 9.40 Å². The van der Waals surface area contributed by atoms with Gasteiger partial charge in [-0.05, 0) is 63.0 Å². The molecule has 2 saturated heterocycles. The normalized spacial score (nSPS) is 21.6. The number of imidazole rings is 1. The van der Waals surface area contributed by atoms with Crippen molar-refractivity contribution >= 4 is 16.9 Å². The summed E-state index contributed by atoms with van der Waals surface area (Å²) in [5.41, 5.74) is 2.02. The number of H-pyrrole nitrogens is 1. The highest BCUT2D eigenvalue weighted by molar-refractivity contribution is 5.80. The Morgan fingerprint density at radius 2 is 1.96 bits per heavy atom. The Morgan fingerprint density at radius 3 is 2.75 bits per heavy atom. The smallest absolute Gasteiger partial charge is 0.226 e. The Labute approximate surface area is 164 Å². The van der Waals surface area contributed by atoms with Crippen LogP contribution in [-0.2, 0) is 11.3 Å². The highest BCUT2D eigenvalue weighted by Gasteiger charge is 2.36. The number of amides is 1. The van der Waals surface area contributed by atoms with E-state index >= 15 is 0 Å². The van der Waals surface area contributed by atoms with Gasteiger partial charge in [-0.2, -0.15) is 0 Å². The largest absolute Gasteiger partial charge is 0.468 e. The quantitative estimate of drug-likeness (QED) is 0.751. The van der Waals surface area contributed by atoms with Crippen molar-refractivity contribution in [2.24, 2.45) is 5.92 Å². The van der Waals surface area contributed by atoms with Gasteiger partial charge in [0.25, 0.3) is 0 Å². The Bertz CT molecular complexity index is 908. The maximum absolute atomic E-state index is 13.3. The van der Waals surface area contributed by atoms with Gasteiger partial charge in [-0.25, -0.2) is 4.98 Å². The molecule has 6 heteroatoms. The number of aromatic nitrogens is 2. The van der Waals surface area contributed by atoms with Gasteiger partial charge in [0, 0.05) is 12.5 Å². The lowest BCUT2D eigenvalue weighted by molar-refractivity contribution is -0.138. The van der Waals surface area contributed by atoms with Crippen LogP contribution < -0.4 is 0 Å². The molecule has 0 radical (unpaired) electrons. The summed E-state index contributed by atoms with van der Waals surface area (Å²) in [4.78, 5) is 25.9. The van der Waals surface area contributed by atoms with Crippen LogP contribution in [0.2, 0.25) is 0 Å². The van der Waals surface area contributed by atoms with Gasteiger partial charge in [0.1, 0.15) is 11.6 Å². The van der Waals surface area contributed by atoms with Gasteiger partial charge in [-0.1, -0.05) is 12.1 Å². The van der Waals surface area contributed by atoms with E-state index in [1.165, 1.54) is 0 Å². The monoisotopic (exact) mass is 378 g/mol. The average molecular weight is 378 g/mol. The molecule has 0 aliphatic carbocycles. The number of aromatic amines is 1. The van der Waals surface area contributed by atoms with Crippen LogP contribution in [0.4, 0.5) is 0 Å². The summed E-state index contributed by atoms with van der Waals surface area (Å²) in [6.45, 7) is 3.56. The van der Waals surface area contributed by atoms with Crippen LogP contribution in [0.15, 0.2) is 47.1 Å². The molecule has 2 fully saturated rings. The first-order chi connectivity index (χ1) is 13.8. The minimum absolute atomic E-state index is 0.0843. The summed E-state index contributed by atoms with van der Waals surface area (Å²) in [5.74, 6) is 2.36. The third-order valence-corrected chi connectivity index (χ3v) is 6.16. The molecule has 0 saturated carbocycles. The van der Waals surface area contributed by atoms with E-state index in [1.54, 1.807) is 6.26 Å². The minimum Gasteiger partial charge on any atom is -0.468 e. The topological polar surface area (TPSA) is 65.4 Å². The zero-order chi connectivity index (χ0) is 18.9. The molecule has 146 valence electrons. The summed E-state index contributed by atoms with van der Waals surface area (Å²) in [6, 6.07) is 12.1. The van der Waals surface area contributed by atoms with E-state index in [1.807, 2.05) is 36.4 Å². The maximum Gasteiger partial charge on any atom is 0.226 e. The van der Waals surface area contributed by atoms with Gasteiger partial charge >= 0.3 is 0 Å². The number of hydrogen-bond donors (Lipinski definition) is 1. The highest BCUT2D eigenvalue weighted by Crippen LogP contribution is 2.34. The Morgan fingerprint density at radius 1 is 1.11 bits per heavy atom. The summed E-state index contributed by atoms with van der Waals surface area (Å²) in [7, 11) is 0. The molecule has 1 atom stereocenters. The first kappa shape index (κ1) is 17.5. The number of likely N-dealkylation sites (tertiary alicyclic amines) is 2. The second kappa shape index (κ2) is 7.43. The van der Waals surface area contributed by atoms with Crippen LogP contribution in [0.1, 0.15) is 43.3 Å². The zero-order valence-corrected chi connectivity index (χ0v) is 16.0. The van der Waals surface area contributed by atoms with Gasteiger partial charge in [-0.15, -0.1) is 0 Å². The molecule has 0 spiro atoms. The Kier molecular flexibility index (Phi) is 4.64. The van der Waals surface area contributed by atoms with E-state index < -0.39 is 0 Å². The van der Waals surface area contributed by atoms with E-state index in [0.29, 0.717) is 5.91 Å². The van der Waals surface area contributed by atoms with Crippen molar-refractivity contribution < 1.29 is 9.21 Å². The lowest BCUT2D eigenvalue weighted by Gasteiger charge is -2.34. The molecule has 5 rings (SSSR count). The number of nitrogens with zero attached hydrogens (tertiary/aromatic N) is 3. The van der Waals surface area contributed by atoms with Crippen LogP contribution in [0.3, 0.4) is 0 Å². The van der Waals surface area contributed by atoms with Crippen molar-refractivity contribution in [3.63, 3.8) is 0 Å². The van der Waals surface area contributed by atoms with Crippen LogP contribution >= 0.6 is 0 Å². The molecule has 1 N–H and O–H groups in total. The average Bonchev–Trinajstić information content (AvgIpc) is 3.47. The number of carbonyl (C=O) groups is 1. The van der Waals surface area contributed by atoms with Gasteiger partial charge < -0.3 is 14.3 Å². The number of fused-ring (bicyclic) bond motifs is 1. The zero-order valence-electron chi connectivity index (χ0n) is 16.0. The Balaban J connectivity index is 1.24. The number of piperidine rings is 1. The molecule has 4 heterocycles. The number of furan rings is 1. The molecule has 1 aromatic carbocycles. The lowest BCUT2D eigenvalue weighted by Crippen LogP contribution is -2.42. The number of benzene rings is 1. The number of carbonyl (C=O) groups excluding carboxylic acids is 1. The summed E-state index contributed by atoms with van der Waals surface area (Å²) in [5, 5.41) is 0. The second-order valence-electron chi connectivity index (χ2n) is 7.96. The molecule has 3 aromatic rings. The van der Waals surface area contributed by atoms with E-state index in [0.717, 1.165) is 74.5 Å². The fraction of sp³-hybridized carbons (Fsp3) is 0.455. The molecule has 1 amide bonds. The van der Waals surface area contributed by atoms with Gasteiger partial charge in [0.2, 0.25) is 5.91 Å². The summed E-state index contributed by atoms with van der Waals surface area (Å²) < 4.78 is 5.45. The molecule has 1 unspecified atom stereocenters. The fourth-order valence-corrected chi connectivity index (χ4v) is 4.64. The molecule has 0 bridgehead atoms. The molecule has 6 nitrogen and oxygen atoms in total. The predicted molar refractivity (Wildman–Crippen MR) is 106 cm³/mol. The molecular formula is C22H26N4O2. The lowest BCUT2D eigenvalue weighted by atomic mass is 9.95.